The van der Waals surface area contributed by atoms with Gasteiger partial charge in [-0.3, -0.25) is 4.79 Å². The molecule has 0 aliphatic carbocycles. The normalized spacial score (nSPS) is 11.0. The first kappa shape index (κ1) is 21.8. The Morgan fingerprint density at radius 3 is 2.63 bits per heavy atom. The van der Waals surface area contributed by atoms with Gasteiger partial charge in [-0.05, 0) is 37.6 Å². The van der Waals surface area contributed by atoms with Gasteiger partial charge in [0, 0.05) is 18.7 Å². The van der Waals surface area contributed by atoms with E-state index < -0.39 is 6.61 Å². The number of amides is 1. The molecule has 1 N–H and O–H groups in total. The predicted octanol–water partition coefficient (Wildman–Crippen LogP) is 4.28. The van der Waals surface area contributed by atoms with E-state index in [-0.39, 0.29) is 17.4 Å². The van der Waals surface area contributed by atoms with E-state index in [1.165, 1.54) is 23.9 Å². The Balaban J connectivity index is 1.55. The number of nitrogens with zero attached hydrogens (tertiary/aromatic N) is 3. The molecular weight excluding hydrogens is 410 g/mol. The van der Waals surface area contributed by atoms with Gasteiger partial charge < -0.3 is 14.6 Å². The number of benzene rings is 2. The highest BCUT2D eigenvalue weighted by Crippen LogP contribution is 2.24. The molecule has 158 valence electrons. The largest absolute Gasteiger partial charge is 0.435 e. The zero-order valence-corrected chi connectivity index (χ0v) is 17.5. The number of carbonyl (C=O) groups is 1. The van der Waals surface area contributed by atoms with E-state index >= 15 is 0 Å². The molecule has 3 aromatic rings. The Kier molecular flexibility index (Phi) is 7.40. The number of hydrogen-bond donors (Lipinski definition) is 1. The highest BCUT2D eigenvalue weighted by molar-refractivity contribution is 7.99. The van der Waals surface area contributed by atoms with Gasteiger partial charge in [0.1, 0.15) is 5.75 Å². The number of halogens is 2. The van der Waals surface area contributed by atoms with Crippen molar-refractivity contribution in [3.8, 4) is 17.1 Å². The molecule has 0 saturated heterocycles. The smallest absolute Gasteiger partial charge is 0.387 e. The van der Waals surface area contributed by atoms with Crippen molar-refractivity contribution < 1.29 is 18.3 Å². The first-order chi connectivity index (χ1) is 14.5. The number of ether oxygens (including phenoxy) is 1. The lowest BCUT2D eigenvalue weighted by Crippen LogP contribution is -2.24. The van der Waals surface area contributed by atoms with Crippen molar-refractivity contribution in [2.24, 2.45) is 0 Å². The lowest BCUT2D eigenvalue weighted by Gasteiger charge is -2.09. The fourth-order valence-electron chi connectivity index (χ4n) is 2.85. The molecule has 30 heavy (non-hydrogen) atoms. The maximum Gasteiger partial charge on any atom is 0.387 e. The number of rotatable bonds is 9. The van der Waals surface area contributed by atoms with Gasteiger partial charge in [-0.25, -0.2) is 0 Å². The zero-order chi connectivity index (χ0) is 21.5. The maximum absolute atomic E-state index is 12.2. The lowest BCUT2D eigenvalue weighted by molar-refractivity contribution is -0.118. The van der Waals surface area contributed by atoms with Crippen molar-refractivity contribution in [3.63, 3.8) is 0 Å². The summed E-state index contributed by atoms with van der Waals surface area (Å²) in [4.78, 5) is 12.2. The highest BCUT2D eigenvalue weighted by atomic mass is 32.2. The summed E-state index contributed by atoms with van der Waals surface area (Å²) in [5.74, 6) is 0.892. The van der Waals surface area contributed by atoms with Crippen LogP contribution in [0.4, 0.5) is 8.78 Å². The molecule has 3 rings (SSSR count). The molecule has 1 heterocycles. The molecule has 0 saturated carbocycles. The fourth-order valence-corrected chi connectivity index (χ4v) is 3.68. The molecule has 0 spiro atoms. The Morgan fingerprint density at radius 1 is 1.20 bits per heavy atom. The van der Waals surface area contributed by atoms with Gasteiger partial charge in [0.15, 0.2) is 11.0 Å². The van der Waals surface area contributed by atoms with Crippen LogP contribution in [0.2, 0.25) is 0 Å². The number of aromatic nitrogens is 3. The van der Waals surface area contributed by atoms with Crippen molar-refractivity contribution in [3.05, 3.63) is 59.7 Å². The van der Waals surface area contributed by atoms with E-state index in [4.69, 9.17) is 0 Å². The third kappa shape index (κ3) is 5.79. The summed E-state index contributed by atoms with van der Waals surface area (Å²) in [7, 11) is 0. The molecule has 0 atom stereocenters. The number of hydrogen-bond acceptors (Lipinski definition) is 5. The third-order valence-corrected chi connectivity index (χ3v) is 5.25. The molecule has 6 nitrogen and oxygen atoms in total. The standard InChI is InChI=1S/C21H22F2N4O2S/c1-3-27-19(16-6-4-5-14(2)11-16)25-26-21(27)30-13-18(28)24-12-15-7-9-17(10-8-15)29-20(22)23/h4-11,20H,3,12-13H2,1-2H3,(H,24,28). The first-order valence-electron chi connectivity index (χ1n) is 9.39. The molecule has 0 unspecified atom stereocenters. The minimum atomic E-state index is -2.86. The van der Waals surface area contributed by atoms with Gasteiger partial charge in [-0.2, -0.15) is 8.78 Å². The summed E-state index contributed by atoms with van der Waals surface area (Å²) in [6.07, 6.45) is 0. The summed E-state index contributed by atoms with van der Waals surface area (Å²) in [6, 6.07) is 14.2. The minimum Gasteiger partial charge on any atom is -0.435 e. The maximum atomic E-state index is 12.2. The Bertz CT molecular complexity index is 993. The third-order valence-electron chi connectivity index (χ3n) is 4.28. The van der Waals surface area contributed by atoms with Crippen molar-refractivity contribution in [1.82, 2.24) is 20.1 Å². The van der Waals surface area contributed by atoms with E-state index in [2.05, 4.69) is 26.3 Å². The summed E-state index contributed by atoms with van der Waals surface area (Å²) in [5.41, 5.74) is 2.91. The molecule has 2 aromatic carbocycles. The number of nitrogens with one attached hydrogen (secondary N) is 1. The summed E-state index contributed by atoms with van der Waals surface area (Å²) in [6.45, 7) is 2.16. The van der Waals surface area contributed by atoms with E-state index in [1.807, 2.05) is 36.6 Å². The Morgan fingerprint density at radius 2 is 1.97 bits per heavy atom. The van der Waals surface area contributed by atoms with Crippen molar-refractivity contribution in [1.29, 1.82) is 0 Å². The molecular formula is C21H22F2N4O2S. The highest BCUT2D eigenvalue weighted by Gasteiger charge is 2.14. The van der Waals surface area contributed by atoms with Gasteiger partial charge in [-0.15, -0.1) is 10.2 Å². The Hall–Kier alpha value is -2.94. The van der Waals surface area contributed by atoms with E-state index in [9.17, 15) is 13.6 Å². The number of thioether (sulfide) groups is 1. The van der Waals surface area contributed by atoms with E-state index in [0.717, 1.165) is 22.5 Å². The second kappa shape index (κ2) is 10.2. The number of alkyl halides is 2. The molecule has 1 amide bonds. The van der Waals surface area contributed by atoms with Crippen molar-refractivity contribution in [2.75, 3.05) is 5.75 Å². The monoisotopic (exact) mass is 432 g/mol. The van der Waals surface area contributed by atoms with Crippen LogP contribution < -0.4 is 10.1 Å². The van der Waals surface area contributed by atoms with Crippen LogP contribution in [-0.2, 0) is 17.9 Å². The molecule has 0 radical (unpaired) electrons. The van der Waals surface area contributed by atoms with Gasteiger partial charge in [0.2, 0.25) is 5.91 Å². The van der Waals surface area contributed by atoms with Crippen LogP contribution in [-0.4, -0.2) is 33.0 Å². The minimum absolute atomic E-state index is 0.0824. The molecule has 0 bridgehead atoms. The van der Waals surface area contributed by atoms with Crippen molar-refractivity contribution >= 4 is 17.7 Å². The summed E-state index contributed by atoms with van der Waals surface area (Å²) in [5, 5.41) is 12.0. The van der Waals surface area contributed by atoms with Gasteiger partial charge in [0.25, 0.3) is 0 Å². The average molecular weight is 432 g/mol. The quantitative estimate of drug-likeness (QED) is 0.511. The van der Waals surface area contributed by atoms with Crippen LogP contribution in [0.5, 0.6) is 5.75 Å². The van der Waals surface area contributed by atoms with Crippen LogP contribution in [0.1, 0.15) is 18.1 Å². The van der Waals surface area contributed by atoms with E-state index in [1.54, 1.807) is 12.1 Å². The second-order valence-electron chi connectivity index (χ2n) is 6.51. The molecule has 1 aromatic heterocycles. The SMILES string of the molecule is CCn1c(SCC(=O)NCc2ccc(OC(F)F)cc2)nnc1-c1cccc(C)c1. The zero-order valence-electron chi connectivity index (χ0n) is 16.6. The van der Waals surface area contributed by atoms with Gasteiger partial charge >= 0.3 is 6.61 Å². The fraction of sp³-hybridized carbons (Fsp3) is 0.286. The Labute approximate surface area is 177 Å². The molecule has 9 heteroatoms. The number of aryl methyl sites for hydroxylation is 1. The lowest BCUT2D eigenvalue weighted by atomic mass is 10.1. The summed E-state index contributed by atoms with van der Waals surface area (Å²) >= 11 is 1.32. The van der Waals surface area contributed by atoms with Crippen LogP contribution in [0.15, 0.2) is 53.7 Å². The number of carbonyl (C=O) groups excluding carboxylic acids is 1. The molecule has 0 aliphatic rings. The van der Waals surface area contributed by atoms with Crippen LogP contribution in [0, 0.1) is 6.92 Å². The van der Waals surface area contributed by atoms with Crippen LogP contribution in [0.25, 0.3) is 11.4 Å². The molecule has 0 aliphatic heterocycles. The topological polar surface area (TPSA) is 69.0 Å². The van der Waals surface area contributed by atoms with Crippen LogP contribution in [0.3, 0.4) is 0 Å². The van der Waals surface area contributed by atoms with Crippen molar-refractivity contribution in [2.45, 2.75) is 38.7 Å². The predicted molar refractivity (Wildman–Crippen MR) is 112 cm³/mol. The first-order valence-corrected chi connectivity index (χ1v) is 10.4. The second-order valence-corrected chi connectivity index (χ2v) is 7.45. The van der Waals surface area contributed by atoms with Gasteiger partial charge in [-0.1, -0.05) is 47.7 Å². The van der Waals surface area contributed by atoms with Gasteiger partial charge in [0.05, 0.1) is 5.75 Å². The average Bonchev–Trinajstić information content (AvgIpc) is 3.14. The van der Waals surface area contributed by atoms with Crippen LogP contribution >= 0.6 is 11.8 Å². The summed E-state index contributed by atoms with van der Waals surface area (Å²) < 4.78 is 30.6. The van der Waals surface area contributed by atoms with E-state index in [0.29, 0.717) is 18.2 Å². The molecule has 0 fully saturated rings.